The Bertz CT molecular complexity index is 647. The van der Waals surface area contributed by atoms with E-state index in [0.29, 0.717) is 11.2 Å². The number of nitrogens with one attached hydrogen (secondary N) is 1. The molecule has 0 aromatic carbocycles. The number of aromatic amines is 1. The number of aromatic nitrogens is 4. The molecule has 6 nitrogen and oxygen atoms in total. The van der Waals surface area contributed by atoms with Gasteiger partial charge >= 0.3 is 5.69 Å². The molecule has 16 heavy (non-hydrogen) atoms. The van der Waals surface area contributed by atoms with Gasteiger partial charge in [0.25, 0.3) is 5.56 Å². The molecule has 0 aliphatic rings. The van der Waals surface area contributed by atoms with Gasteiger partial charge in [-0.1, -0.05) is 6.92 Å². The summed E-state index contributed by atoms with van der Waals surface area (Å²) in [5.74, 6) is 0.753. The molecule has 6 heteroatoms. The van der Waals surface area contributed by atoms with Crippen molar-refractivity contribution in [1.29, 1.82) is 0 Å². The van der Waals surface area contributed by atoms with Crippen LogP contribution in [0.15, 0.2) is 9.59 Å². The Morgan fingerprint density at radius 2 is 2.06 bits per heavy atom. The molecule has 0 spiro atoms. The van der Waals surface area contributed by atoms with Crippen LogP contribution >= 0.6 is 0 Å². The monoisotopic (exact) mass is 222 g/mol. The average Bonchev–Trinajstić information content (AvgIpc) is 2.54. The molecular weight excluding hydrogens is 208 g/mol. The number of hydrogen-bond acceptors (Lipinski definition) is 3. The molecule has 0 atom stereocenters. The second kappa shape index (κ2) is 3.62. The van der Waals surface area contributed by atoms with Gasteiger partial charge in [-0.15, -0.1) is 0 Å². The maximum atomic E-state index is 11.7. The van der Waals surface area contributed by atoms with Crippen LogP contribution in [0.4, 0.5) is 0 Å². The molecule has 2 heterocycles. The Balaban J connectivity index is 2.95. The van der Waals surface area contributed by atoms with Gasteiger partial charge in [0.05, 0.1) is 0 Å². The topological polar surface area (TPSA) is 72.7 Å². The summed E-state index contributed by atoms with van der Waals surface area (Å²) in [6.45, 7) is 4.59. The van der Waals surface area contributed by atoms with E-state index in [1.165, 1.54) is 4.57 Å². The minimum Gasteiger partial charge on any atom is -0.322 e. The van der Waals surface area contributed by atoms with Gasteiger partial charge in [0.2, 0.25) is 0 Å². The first-order valence-electron chi connectivity index (χ1n) is 5.22. The highest BCUT2D eigenvalue weighted by Crippen LogP contribution is 2.09. The van der Waals surface area contributed by atoms with Gasteiger partial charge in [-0.05, 0) is 13.3 Å². The molecular formula is C10H14N4O2. The highest BCUT2D eigenvalue weighted by atomic mass is 16.2. The summed E-state index contributed by atoms with van der Waals surface area (Å²) in [7, 11) is 1.60. The molecule has 0 radical (unpaired) electrons. The van der Waals surface area contributed by atoms with Crippen LogP contribution in [0.25, 0.3) is 11.2 Å². The third kappa shape index (κ3) is 1.37. The average molecular weight is 222 g/mol. The smallest absolute Gasteiger partial charge is 0.322 e. The lowest BCUT2D eigenvalue weighted by molar-refractivity contribution is 0.673. The summed E-state index contributed by atoms with van der Waals surface area (Å²) in [5.41, 5.74) is 0.118. The predicted molar refractivity (Wildman–Crippen MR) is 60.6 cm³/mol. The number of nitrogens with zero attached hydrogens (tertiary/aromatic N) is 3. The fourth-order valence-corrected chi connectivity index (χ4v) is 1.84. The standard InChI is InChI=1S/C10H14N4O2/c1-4-5-14-6(2)11-8-7(14)9(15)12-10(16)13(8)3/h4-5H2,1-3H3,(H,12,15,16). The van der Waals surface area contributed by atoms with Crippen molar-refractivity contribution in [1.82, 2.24) is 19.1 Å². The van der Waals surface area contributed by atoms with Gasteiger partial charge < -0.3 is 4.57 Å². The third-order valence-electron chi connectivity index (χ3n) is 2.65. The van der Waals surface area contributed by atoms with E-state index in [2.05, 4.69) is 9.97 Å². The van der Waals surface area contributed by atoms with E-state index in [4.69, 9.17) is 0 Å². The molecule has 0 aliphatic carbocycles. The Hall–Kier alpha value is -1.85. The minimum absolute atomic E-state index is 0.368. The molecule has 0 saturated heterocycles. The van der Waals surface area contributed by atoms with Gasteiger partial charge in [-0.25, -0.2) is 9.78 Å². The Morgan fingerprint density at radius 1 is 1.38 bits per heavy atom. The largest absolute Gasteiger partial charge is 0.329 e. The predicted octanol–water partition coefficient (Wildman–Crippen LogP) is 0.142. The third-order valence-corrected chi connectivity index (χ3v) is 2.65. The summed E-state index contributed by atoms with van der Waals surface area (Å²) in [4.78, 5) is 29.7. The fraction of sp³-hybridized carbons (Fsp3) is 0.500. The zero-order chi connectivity index (χ0) is 11.9. The van der Waals surface area contributed by atoms with Crippen LogP contribution in [0.5, 0.6) is 0 Å². The van der Waals surface area contributed by atoms with Gasteiger partial charge in [0.1, 0.15) is 5.82 Å². The van der Waals surface area contributed by atoms with Gasteiger partial charge in [0, 0.05) is 13.6 Å². The van der Waals surface area contributed by atoms with Gasteiger partial charge in [-0.2, -0.15) is 0 Å². The first kappa shape index (κ1) is 10.7. The van der Waals surface area contributed by atoms with Crippen LogP contribution in [0.2, 0.25) is 0 Å². The quantitative estimate of drug-likeness (QED) is 0.785. The van der Waals surface area contributed by atoms with E-state index in [-0.39, 0.29) is 5.56 Å². The Labute approximate surface area is 91.5 Å². The summed E-state index contributed by atoms with van der Waals surface area (Å²) < 4.78 is 3.20. The second-order valence-corrected chi connectivity index (χ2v) is 3.80. The lowest BCUT2D eigenvalue weighted by Gasteiger charge is -2.03. The van der Waals surface area contributed by atoms with Crippen molar-refractivity contribution in [3.05, 3.63) is 26.7 Å². The maximum Gasteiger partial charge on any atom is 0.329 e. The van der Waals surface area contributed by atoms with E-state index in [9.17, 15) is 9.59 Å². The normalized spacial score (nSPS) is 11.2. The van der Waals surface area contributed by atoms with Crippen LogP contribution in [-0.2, 0) is 13.6 Å². The van der Waals surface area contributed by atoms with Crippen molar-refractivity contribution < 1.29 is 0 Å². The molecule has 1 N–H and O–H groups in total. The molecule has 86 valence electrons. The second-order valence-electron chi connectivity index (χ2n) is 3.80. The molecule has 0 amide bonds. The number of hydrogen-bond donors (Lipinski definition) is 1. The molecule has 2 aromatic heterocycles. The first-order valence-corrected chi connectivity index (χ1v) is 5.22. The zero-order valence-electron chi connectivity index (χ0n) is 9.57. The number of rotatable bonds is 2. The van der Waals surface area contributed by atoms with Crippen molar-refractivity contribution in [2.45, 2.75) is 26.8 Å². The van der Waals surface area contributed by atoms with Crippen molar-refractivity contribution in [2.24, 2.45) is 7.05 Å². The van der Waals surface area contributed by atoms with Crippen molar-refractivity contribution in [3.8, 4) is 0 Å². The summed E-state index contributed by atoms with van der Waals surface area (Å²) in [6, 6.07) is 0. The van der Waals surface area contributed by atoms with E-state index >= 15 is 0 Å². The molecule has 2 rings (SSSR count). The summed E-state index contributed by atoms with van der Waals surface area (Å²) >= 11 is 0. The number of H-pyrrole nitrogens is 1. The minimum atomic E-state index is -0.432. The molecule has 0 unspecified atom stereocenters. The Kier molecular flexibility index (Phi) is 2.41. The lowest BCUT2D eigenvalue weighted by Crippen LogP contribution is -2.29. The first-order chi connectivity index (χ1) is 7.56. The van der Waals surface area contributed by atoms with Crippen LogP contribution < -0.4 is 11.2 Å². The molecule has 0 saturated carbocycles. The van der Waals surface area contributed by atoms with E-state index in [1.807, 2.05) is 18.4 Å². The molecule has 2 aromatic rings. The van der Waals surface area contributed by atoms with E-state index in [1.54, 1.807) is 7.05 Å². The summed E-state index contributed by atoms with van der Waals surface area (Å²) in [6.07, 6.45) is 0.911. The number of imidazole rings is 1. The van der Waals surface area contributed by atoms with Crippen LogP contribution in [-0.4, -0.2) is 19.1 Å². The maximum absolute atomic E-state index is 11.7. The van der Waals surface area contributed by atoms with Crippen molar-refractivity contribution in [3.63, 3.8) is 0 Å². The van der Waals surface area contributed by atoms with E-state index in [0.717, 1.165) is 18.8 Å². The molecule has 0 bridgehead atoms. The van der Waals surface area contributed by atoms with Gasteiger partial charge in [0.15, 0.2) is 11.2 Å². The number of aryl methyl sites for hydroxylation is 3. The summed E-state index contributed by atoms with van der Waals surface area (Å²) in [5, 5.41) is 0. The SMILES string of the molecule is CCCn1c(C)nc2c1c(=O)[nH]c(=O)n2C. The van der Waals surface area contributed by atoms with Crippen LogP contribution in [0, 0.1) is 6.92 Å². The van der Waals surface area contributed by atoms with Crippen molar-refractivity contribution >= 4 is 11.2 Å². The number of fused-ring (bicyclic) bond motifs is 1. The van der Waals surface area contributed by atoms with E-state index < -0.39 is 5.69 Å². The highest BCUT2D eigenvalue weighted by molar-refractivity contribution is 5.70. The molecule has 0 fully saturated rings. The molecule has 0 aliphatic heterocycles. The zero-order valence-corrected chi connectivity index (χ0v) is 9.57. The van der Waals surface area contributed by atoms with Gasteiger partial charge in [-0.3, -0.25) is 14.3 Å². The van der Waals surface area contributed by atoms with Crippen LogP contribution in [0.1, 0.15) is 19.2 Å². The fourth-order valence-electron chi connectivity index (χ4n) is 1.84. The highest BCUT2D eigenvalue weighted by Gasteiger charge is 2.13. The van der Waals surface area contributed by atoms with Crippen LogP contribution in [0.3, 0.4) is 0 Å². The lowest BCUT2D eigenvalue weighted by atomic mass is 10.4. The van der Waals surface area contributed by atoms with Crippen molar-refractivity contribution in [2.75, 3.05) is 0 Å². The Morgan fingerprint density at radius 3 is 2.69 bits per heavy atom.